The first-order valence-electron chi connectivity index (χ1n) is 8.01. The Bertz CT molecular complexity index is 1120. The van der Waals surface area contributed by atoms with Gasteiger partial charge in [-0.2, -0.15) is 0 Å². The third-order valence-corrected chi connectivity index (χ3v) is 3.99. The Morgan fingerprint density at radius 2 is 1.96 bits per heavy atom. The van der Waals surface area contributed by atoms with E-state index in [0.717, 1.165) is 11.6 Å². The molecule has 1 atom stereocenters. The molecule has 0 spiro atoms. The number of nitro groups is 1. The van der Waals surface area contributed by atoms with Crippen molar-refractivity contribution in [3.63, 3.8) is 0 Å². The maximum atomic E-state index is 12.5. The highest BCUT2D eigenvalue weighted by molar-refractivity contribution is 6.01. The summed E-state index contributed by atoms with van der Waals surface area (Å²) in [6, 6.07) is 12.8. The van der Waals surface area contributed by atoms with E-state index in [2.05, 4.69) is 9.97 Å². The number of ketones is 1. The molecule has 1 heterocycles. The standard InChI is InChI=1S/C19H15N3O5/c1-11(9-12-5-3-2-4-6-12)17(23)18(24)16-19(25)21-15-10-13(22(26)27)7-8-14(15)20-16/h2-10,17,23H,1H3,(H,21,25)/b11-9+/t17-/m0/s1. The number of fused-ring (bicyclic) bond motifs is 1. The van der Waals surface area contributed by atoms with Crippen molar-refractivity contribution < 1.29 is 14.8 Å². The number of hydrogen-bond donors (Lipinski definition) is 2. The number of carbonyl (C=O) groups is 1. The van der Waals surface area contributed by atoms with Crippen LogP contribution in [0.1, 0.15) is 23.0 Å². The van der Waals surface area contributed by atoms with Gasteiger partial charge in [-0.1, -0.05) is 36.4 Å². The zero-order chi connectivity index (χ0) is 19.6. The minimum atomic E-state index is -1.53. The van der Waals surface area contributed by atoms with Gasteiger partial charge in [0.15, 0.2) is 5.69 Å². The number of aliphatic hydroxyl groups is 1. The molecule has 0 saturated heterocycles. The smallest absolute Gasteiger partial charge is 0.278 e. The van der Waals surface area contributed by atoms with E-state index in [1.165, 1.54) is 12.1 Å². The first-order valence-corrected chi connectivity index (χ1v) is 8.01. The van der Waals surface area contributed by atoms with Crippen LogP contribution in [0, 0.1) is 10.1 Å². The molecule has 8 heteroatoms. The maximum Gasteiger partial charge on any atom is 0.278 e. The normalized spacial score (nSPS) is 12.7. The Balaban J connectivity index is 1.96. The van der Waals surface area contributed by atoms with E-state index in [1.807, 2.05) is 30.3 Å². The van der Waals surface area contributed by atoms with Crippen LogP contribution in [0.2, 0.25) is 0 Å². The van der Waals surface area contributed by atoms with Crippen LogP contribution in [0.5, 0.6) is 0 Å². The van der Waals surface area contributed by atoms with Crippen molar-refractivity contribution in [3.8, 4) is 0 Å². The van der Waals surface area contributed by atoms with Gasteiger partial charge < -0.3 is 10.1 Å². The number of hydrogen-bond acceptors (Lipinski definition) is 6. The second-order valence-corrected chi connectivity index (χ2v) is 5.94. The van der Waals surface area contributed by atoms with Crippen LogP contribution in [0.25, 0.3) is 17.1 Å². The van der Waals surface area contributed by atoms with Gasteiger partial charge in [0.05, 0.1) is 16.0 Å². The Labute approximate surface area is 153 Å². The van der Waals surface area contributed by atoms with Crippen LogP contribution in [0.3, 0.4) is 0 Å². The molecule has 0 fully saturated rings. The number of aromatic nitrogens is 2. The van der Waals surface area contributed by atoms with Gasteiger partial charge in [-0.3, -0.25) is 19.7 Å². The Hall–Kier alpha value is -3.65. The molecular formula is C19H15N3O5. The highest BCUT2D eigenvalue weighted by Crippen LogP contribution is 2.18. The summed E-state index contributed by atoms with van der Waals surface area (Å²) in [5.41, 5.74) is 0.0212. The number of H-pyrrole nitrogens is 1. The quantitative estimate of drug-likeness (QED) is 0.406. The lowest BCUT2D eigenvalue weighted by molar-refractivity contribution is -0.384. The highest BCUT2D eigenvalue weighted by Gasteiger charge is 2.24. The molecular weight excluding hydrogens is 350 g/mol. The first kappa shape index (κ1) is 18.2. The van der Waals surface area contributed by atoms with Crippen LogP contribution in [-0.2, 0) is 0 Å². The summed E-state index contributed by atoms with van der Waals surface area (Å²) in [6.07, 6.45) is 0.107. The van der Waals surface area contributed by atoms with Gasteiger partial charge in [0.2, 0.25) is 5.78 Å². The molecule has 27 heavy (non-hydrogen) atoms. The number of aromatic amines is 1. The number of nitrogens with zero attached hydrogens (tertiary/aromatic N) is 2. The van der Waals surface area contributed by atoms with Gasteiger partial charge in [0.25, 0.3) is 11.2 Å². The van der Waals surface area contributed by atoms with Gasteiger partial charge in [0.1, 0.15) is 6.10 Å². The largest absolute Gasteiger partial charge is 0.380 e. The van der Waals surface area contributed by atoms with Gasteiger partial charge in [-0.25, -0.2) is 4.98 Å². The van der Waals surface area contributed by atoms with Gasteiger partial charge in [-0.05, 0) is 24.1 Å². The van der Waals surface area contributed by atoms with E-state index in [-0.39, 0.29) is 16.7 Å². The lowest BCUT2D eigenvalue weighted by Gasteiger charge is -2.10. The predicted octanol–water partition coefficient (Wildman–Crippen LogP) is 2.48. The third kappa shape index (κ3) is 3.80. The summed E-state index contributed by atoms with van der Waals surface area (Å²) in [7, 11) is 0. The average Bonchev–Trinajstić information content (AvgIpc) is 2.66. The third-order valence-electron chi connectivity index (χ3n) is 3.99. The van der Waals surface area contributed by atoms with Crippen LogP contribution >= 0.6 is 0 Å². The van der Waals surface area contributed by atoms with Crippen molar-refractivity contribution in [1.82, 2.24) is 9.97 Å². The first-order chi connectivity index (χ1) is 12.9. The SMILES string of the molecule is C/C(=C\c1ccccc1)[C@H](O)C(=O)c1nc2ccc([N+](=O)[O-])cc2[nH]c1=O. The van der Waals surface area contributed by atoms with E-state index >= 15 is 0 Å². The van der Waals surface area contributed by atoms with Crippen LogP contribution < -0.4 is 5.56 Å². The fraction of sp³-hybridized carbons (Fsp3) is 0.105. The van der Waals surface area contributed by atoms with Crippen molar-refractivity contribution in [2.45, 2.75) is 13.0 Å². The molecule has 8 nitrogen and oxygen atoms in total. The fourth-order valence-corrected chi connectivity index (χ4v) is 2.58. The van der Waals surface area contributed by atoms with E-state index in [4.69, 9.17) is 0 Å². The maximum absolute atomic E-state index is 12.5. The second-order valence-electron chi connectivity index (χ2n) is 5.94. The molecule has 0 aliphatic carbocycles. The Morgan fingerprint density at radius 3 is 2.63 bits per heavy atom. The minimum Gasteiger partial charge on any atom is -0.380 e. The molecule has 1 aromatic heterocycles. The average molecular weight is 365 g/mol. The molecule has 0 unspecified atom stereocenters. The lowest BCUT2D eigenvalue weighted by atomic mass is 10.0. The van der Waals surface area contributed by atoms with Crippen molar-refractivity contribution in [2.75, 3.05) is 0 Å². The second kappa shape index (κ2) is 7.30. The summed E-state index contributed by atoms with van der Waals surface area (Å²) in [5.74, 6) is -0.846. The molecule has 0 bridgehead atoms. The number of benzene rings is 2. The molecule has 3 aromatic rings. The number of nitro benzene ring substituents is 1. The van der Waals surface area contributed by atoms with Crippen LogP contribution in [0.15, 0.2) is 58.9 Å². The summed E-state index contributed by atoms with van der Waals surface area (Å²) in [5, 5.41) is 21.1. The molecule has 2 aromatic carbocycles. The van der Waals surface area contributed by atoms with Crippen molar-refractivity contribution in [1.29, 1.82) is 0 Å². The van der Waals surface area contributed by atoms with Crippen LogP contribution in [0.4, 0.5) is 5.69 Å². The molecule has 3 rings (SSSR count). The molecule has 0 aliphatic heterocycles. The summed E-state index contributed by atoms with van der Waals surface area (Å²) >= 11 is 0. The Kier molecular flexibility index (Phi) is 4.91. The fourth-order valence-electron chi connectivity index (χ4n) is 2.58. The number of non-ortho nitro benzene ring substituents is 1. The highest BCUT2D eigenvalue weighted by atomic mass is 16.6. The molecule has 0 radical (unpaired) electrons. The van der Waals surface area contributed by atoms with Crippen molar-refractivity contribution in [3.05, 3.63) is 85.8 Å². The molecule has 0 aliphatic rings. The number of rotatable bonds is 5. The molecule has 0 saturated carbocycles. The van der Waals surface area contributed by atoms with Gasteiger partial charge in [-0.15, -0.1) is 0 Å². The minimum absolute atomic E-state index is 0.136. The zero-order valence-electron chi connectivity index (χ0n) is 14.2. The predicted molar refractivity (Wildman–Crippen MR) is 99.4 cm³/mol. The van der Waals surface area contributed by atoms with Crippen molar-refractivity contribution >= 4 is 28.6 Å². The lowest BCUT2D eigenvalue weighted by Crippen LogP contribution is -2.29. The van der Waals surface area contributed by atoms with E-state index < -0.39 is 28.1 Å². The monoisotopic (exact) mass is 365 g/mol. The van der Waals surface area contributed by atoms with E-state index in [1.54, 1.807) is 13.0 Å². The molecule has 0 amide bonds. The molecule has 2 N–H and O–H groups in total. The number of aliphatic hydroxyl groups excluding tert-OH is 1. The van der Waals surface area contributed by atoms with E-state index in [0.29, 0.717) is 5.57 Å². The van der Waals surface area contributed by atoms with Gasteiger partial charge >= 0.3 is 0 Å². The summed E-state index contributed by atoms with van der Waals surface area (Å²) in [6.45, 7) is 1.58. The topological polar surface area (TPSA) is 126 Å². The Morgan fingerprint density at radius 1 is 1.26 bits per heavy atom. The van der Waals surface area contributed by atoms with E-state index in [9.17, 15) is 24.8 Å². The number of Topliss-reactive ketones (excluding diaryl/α,β-unsaturated/α-hetero) is 1. The summed E-state index contributed by atoms with van der Waals surface area (Å²) in [4.78, 5) is 41.3. The zero-order valence-corrected chi connectivity index (χ0v) is 14.2. The van der Waals surface area contributed by atoms with Crippen LogP contribution in [-0.4, -0.2) is 31.9 Å². The van der Waals surface area contributed by atoms with Crippen molar-refractivity contribution in [2.24, 2.45) is 0 Å². The summed E-state index contributed by atoms with van der Waals surface area (Å²) < 4.78 is 0. The van der Waals surface area contributed by atoms with Gasteiger partial charge in [0, 0.05) is 12.1 Å². The number of nitrogens with one attached hydrogen (secondary N) is 1. The molecule has 136 valence electrons. The number of carbonyl (C=O) groups excluding carboxylic acids is 1.